The van der Waals surface area contributed by atoms with Crippen molar-refractivity contribution in [2.45, 2.75) is 89.2 Å². The summed E-state index contributed by atoms with van der Waals surface area (Å²) in [4.78, 5) is 51.3. The molecule has 5 atom stereocenters. The summed E-state index contributed by atoms with van der Waals surface area (Å²) in [6, 6.07) is -1.68. The van der Waals surface area contributed by atoms with Crippen molar-refractivity contribution < 1.29 is 28.6 Å². The SMILES string of the molecule is C=C[C@@H]1C[C@]1(NC(=O)[C@@H]1CCCN1C(=O)[C@@H](NC(=O)OC1CCCC1)C(C)(C)C)P(=O)(O)C=C. The second kappa shape index (κ2) is 9.86. The maximum Gasteiger partial charge on any atom is 0.408 e. The van der Waals surface area contributed by atoms with Crippen LogP contribution in [0, 0.1) is 11.3 Å². The maximum atomic E-state index is 13.6. The molecule has 0 bridgehead atoms. The molecule has 34 heavy (non-hydrogen) atoms. The van der Waals surface area contributed by atoms with Crippen molar-refractivity contribution in [2.75, 3.05) is 6.54 Å². The molecule has 1 saturated heterocycles. The van der Waals surface area contributed by atoms with Crippen molar-refractivity contribution in [1.29, 1.82) is 0 Å². The summed E-state index contributed by atoms with van der Waals surface area (Å²) < 4.78 is 18.2. The van der Waals surface area contributed by atoms with Crippen LogP contribution in [0.1, 0.15) is 65.7 Å². The van der Waals surface area contributed by atoms with E-state index in [0.29, 0.717) is 25.8 Å². The lowest BCUT2D eigenvalue weighted by atomic mass is 9.85. The number of nitrogens with zero attached hydrogens (tertiary/aromatic N) is 1. The van der Waals surface area contributed by atoms with Gasteiger partial charge in [0.05, 0.1) is 0 Å². The van der Waals surface area contributed by atoms with E-state index in [9.17, 15) is 23.8 Å². The van der Waals surface area contributed by atoms with Crippen LogP contribution in [0.4, 0.5) is 4.79 Å². The predicted octanol–water partition coefficient (Wildman–Crippen LogP) is 3.49. The van der Waals surface area contributed by atoms with Gasteiger partial charge in [0.15, 0.2) is 0 Å². The second-order valence-electron chi connectivity index (χ2n) is 10.7. The topological polar surface area (TPSA) is 125 Å². The van der Waals surface area contributed by atoms with Gasteiger partial charge in [0, 0.05) is 12.5 Å². The van der Waals surface area contributed by atoms with Gasteiger partial charge in [-0.2, -0.15) is 0 Å². The van der Waals surface area contributed by atoms with Gasteiger partial charge in [-0.1, -0.05) is 33.4 Å². The average Bonchev–Trinajstić information content (AvgIpc) is 3.12. The van der Waals surface area contributed by atoms with E-state index in [1.54, 1.807) is 6.08 Å². The number of nitrogens with one attached hydrogen (secondary N) is 2. The number of hydrogen-bond acceptors (Lipinski definition) is 5. The first kappa shape index (κ1) is 26.5. The molecule has 3 rings (SSSR count). The maximum absolute atomic E-state index is 13.6. The molecule has 0 aromatic carbocycles. The highest BCUT2D eigenvalue weighted by molar-refractivity contribution is 7.63. The molecule has 10 heteroatoms. The van der Waals surface area contributed by atoms with Crippen molar-refractivity contribution >= 4 is 25.3 Å². The summed E-state index contributed by atoms with van der Waals surface area (Å²) in [5.74, 6) is -0.198. The van der Waals surface area contributed by atoms with Gasteiger partial charge in [0.2, 0.25) is 19.2 Å². The smallest absolute Gasteiger partial charge is 0.408 e. The van der Waals surface area contributed by atoms with Crippen LogP contribution in [0.15, 0.2) is 25.1 Å². The van der Waals surface area contributed by atoms with E-state index in [4.69, 9.17) is 4.74 Å². The molecule has 2 aliphatic carbocycles. The third-order valence-electron chi connectivity index (χ3n) is 7.22. The number of amides is 3. The zero-order chi connectivity index (χ0) is 25.3. The average molecular weight is 496 g/mol. The van der Waals surface area contributed by atoms with Gasteiger partial charge in [-0.05, 0) is 56.2 Å². The normalized spacial score (nSPS) is 29.6. The van der Waals surface area contributed by atoms with E-state index in [-0.39, 0.29) is 17.9 Å². The molecule has 3 N–H and O–H groups in total. The van der Waals surface area contributed by atoms with Crippen LogP contribution in [0.2, 0.25) is 0 Å². The molecule has 0 aromatic rings. The molecule has 0 aromatic heterocycles. The third kappa shape index (κ3) is 5.25. The number of likely N-dealkylation sites (tertiary alicyclic amines) is 1. The number of carbonyl (C=O) groups excluding carboxylic acids is 3. The van der Waals surface area contributed by atoms with E-state index in [2.05, 4.69) is 23.8 Å². The van der Waals surface area contributed by atoms with Crippen LogP contribution in [0.25, 0.3) is 0 Å². The number of alkyl carbamates (subject to hydrolysis) is 1. The lowest BCUT2D eigenvalue weighted by Gasteiger charge is -2.36. The molecule has 9 nitrogen and oxygen atoms in total. The number of ether oxygens (including phenoxy) is 1. The van der Waals surface area contributed by atoms with Crippen LogP contribution < -0.4 is 10.6 Å². The quantitative estimate of drug-likeness (QED) is 0.350. The fourth-order valence-electron chi connectivity index (χ4n) is 5.03. The molecule has 3 amide bonds. The Labute approximate surface area is 201 Å². The molecule has 0 spiro atoms. The number of rotatable bonds is 8. The Hall–Kier alpha value is -2.12. The highest BCUT2D eigenvalue weighted by Crippen LogP contribution is 2.70. The molecule has 3 fully saturated rings. The van der Waals surface area contributed by atoms with E-state index < -0.39 is 42.1 Å². The standard InChI is InChI=1S/C24H38N3O6P/c1-6-16-15-24(16,34(31,32)7-2)26-20(28)18-13-10-14-27(18)21(29)19(23(3,4)5)25-22(30)33-17-11-8-9-12-17/h6-7,16-19H,1-2,8-15H2,3-5H3,(H,25,30)(H,26,28)(H,31,32)/t16-,18+,19-,24+/m1/s1. The number of carbonyl (C=O) groups is 3. The molecule has 1 heterocycles. The lowest BCUT2D eigenvalue weighted by Crippen LogP contribution is -2.58. The summed E-state index contributed by atoms with van der Waals surface area (Å²) in [6.07, 6.45) is 5.82. The summed E-state index contributed by atoms with van der Waals surface area (Å²) in [7, 11) is -3.87. The first-order chi connectivity index (χ1) is 15.9. The summed E-state index contributed by atoms with van der Waals surface area (Å²) >= 11 is 0. The van der Waals surface area contributed by atoms with Gasteiger partial charge >= 0.3 is 6.09 Å². The van der Waals surface area contributed by atoms with Crippen LogP contribution in [-0.4, -0.2) is 57.7 Å². The summed E-state index contributed by atoms with van der Waals surface area (Å²) in [5, 5.41) is 4.17. The Balaban J connectivity index is 1.73. The molecule has 0 radical (unpaired) electrons. The minimum atomic E-state index is -3.87. The Morgan fingerprint density at radius 2 is 1.82 bits per heavy atom. The monoisotopic (exact) mass is 495 g/mol. The van der Waals surface area contributed by atoms with Gasteiger partial charge < -0.3 is 25.2 Å². The Morgan fingerprint density at radius 1 is 1.18 bits per heavy atom. The molecule has 2 saturated carbocycles. The Kier molecular flexibility index (Phi) is 7.68. The first-order valence-electron chi connectivity index (χ1n) is 12.0. The second-order valence-corrected chi connectivity index (χ2v) is 13.1. The number of hydrogen-bond donors (Lipinski definition) is 3. The molecule has 1 unspecified atom stereocenters. The van der Waals surface area contributed by atoms with Crippen molar-refractivity contribution in [1.82, 2.24) is 15.5 Å². The highest BCUT2D eigenvalue weighted by Gasteiger charge is 2.64. The predicted molar refractivity (Wildman–Crippen MR) is 129 cm³/mol. The largest absolute Gasteiger partial charge is 0.446 e. The fraction of sp³-hybridized carbons (Fsp3) is 0.708. The van der Waals surface area contributed by atoms with Crippen molar-refractivity contribution in [3.63, 3.8) is 0 Å². The van der Waals surface area contributed by atoms with Crippen LogP contribution in [-0.2, 0) is 18.9 Å². The van der Waals surface area contributed by atoms with Gasteiger partial charge in [0.1, 0.15) is 23.5 Å². The summed E-state index contributed by atoms with van der Waals surface area (Å²) in [5.41, 5.74) is -0.620. The van der Waals surface area contributed by atoms with Gasteiger partial charge in [-0.15, -0.1) is 6.58 Å². The molecule has 1 aliphatic heterocycles. The summed E-state index contributed by atoms with van der Waals surface area (Å²) in [6.45, 7) is 13.0. The Morgan fingerprint density at radius 3 is 2.35 bits per heavy atom. The van der Waals surface area contributed by atoms with E-state index in [1.165, 1.54) is 4.90 Å². The van der Waals surface area contributed by atoms with E-state index in [1.807, 2.05) is 20.8 Å². The zero-order valence-corrected chi connectivity index (χ0v) is 21.3. The molecular weight excluding hydrogens is 457 g/mol. The van der Waals surface area contributed by atoms with Crippen LogP contribution in [0.3, 0.4) is 0 Å². The fourth-order valence-corrected chi connectivity index (χ4v) is 6.67. The molecule has 190 valence electrons. The third-order valence-corrected chi connectivity index (χ3v) is 9.48. The highest BCUT2D eigenvalue weighted by atomic mass is 31.2. The molecular formula is C24H38N3O6P. The van der Waals surface area contributed by atoms with Gasteiger partial charge in [-0.25, -0.2) is 4.79 Å². The van der Waals surface area contributed by atoms with E-state index in [0.717, 1.165) is 31.5 Å². The van der Waals surface area contributed by atoms with Crippen molar-refractivity contribution in [3.05, 3.63) is 25.1 Å². The zero-order valence-electron chi connectivity index (χ0n) is 20.4. The van der Waals surface area contributed by atoms with Gasteiger partial charge in [0.25, 0.3) is 0 Å². The Bertz CT molecular complexity index is 894. The van der Waals surface area contributed by atoms with E-state index >= 15 is 0 Å². The minimum Gasteiger partial charge on any atom is -0.446 e. The van der Waals surface area contributed by atoms with Crippen molar-refractivity contribution in [3.8, 4) is 0 Å². The lowest BCUT2D eigenvalue weighted by molar-refractivity contribution is -0.142. The molecule has 3 aliphatic rings. The van der Waals surface area contributed by atoms with Crippen molar-refractivity contribution in [2.24, 2.45) is 11.3 Å². The van der Waals surface area contributed by atoms with Crippen LogP contribution >= 0.6 is 7.37 Å². The van der Waals surface area contributed by atoms with Gasteiger partial charge in [-0.3, -0.25) is 14.2 Å². The minimum absolute atomic E-state index is 0.132. The first-order valence-corrected chi connectivity index (χ1v) is 13.8. The van der Waals surface area contributed by atoms with Crippen LogP contribution in [0.5, 0.6) is 0 Å².